The van der Waals surface area contributed by atoms with Gasteiger partial charge in [-0.05, 0) is 43.5 Å². The third-order valence-corrected chi connectivity index (χ3v) is 3.25. The highest BCUT2D eigenvalue weighted by Crippen LogP contribution is 2.33. The van der Waals surface area contributed by atoms with E-state index in [-0.39, 0.29) is 23.0 Å². The second-order valence-corrected chi connectivity index (χ2v) is 5.43. The summed E-state index contributed by atoms with van der Waals surface area (Å²) in [6.45, 7) is 2.52. The summed E-state index contributed by atoms with van der Waals surface area (Å²) in [5.74, 6) is -0.0416. The fraction of sp³-hybridized carbons (Fsp3) is 0.500. The SMILES string of the molecule is CC(CCN)CCC(=O)Nc1cc(Cl)cc(C(F)(F)F)c1. The molecule has 1 unspecified atom stereocenters. The van der Waals surface area contributed by atoms with Crippen molar-refractivity contribution in [2.24, 2.45) is 11.7 Å². The van der Waals surface area contributed by atoms with Crippen LogP contribution in [0, 0.1) is 5.92 Å². The van der Waals surface area contributed by atoms with Crippen molar-refractivity contribution in [2.75, 3.05) is 11.9 Å². The van der Waals surface area contributed by atoms with Gasteiger partial charge in [0.25, 0.3) is 0 Å². The Kier molecular flexibility index (Phi) is 6.48. The van der Waals surface area contributed by atoms with Crippen molar-refractivity contribution in [3.63, 3.8) is 0 Å². The minimum atomic E-state index is -4.50. The first-order valence-corrected chi connectivity index (χ1v) is 6.98. The molecule has 3 N–H and O–H groups in total. The van der Waals surface area contributed by atoms with E-state index in [1.165, 1.54) is 6.07 Å². The minimum absolute atomic E-state index is 0.0475. The smallest absolute Gasteiger partial charge is 0.330 e. The zero-order chi connectivity index (χ0) is 16.0. The minimum Gasteiger partial charge on any atom is -0.330 e. The van der Waals surface area contributed by atoms with E-state index in [2.05, 4.69) is 5.32 Å². The van der Waals surface area contributed by atoms with Gasteiger partial charge in [-0.25, -0.2) is 0 Å². The van der Waals surface area contributed by atoms with Gasteiger partial charge >= 0.3 is 6.18 Å². The lowest BCUT2D eigenvalue weighted by Gasteiger charge is -2.12. The normalized spacial score (nSPS) is 13.0. The number of amides is 1. The molecule has 1 amide bonds. The van der Waals surface area contributed by atoms with Crippen LogP contribution in [0.1, 0.15) is 31.7 Å². The van der Waals surface area contributed by atoms with E-state index in [4.69, 9.17) is 17.3 Å². The molecule has 0 spiro atoms. The van der Waals surface area contributed by atoms with Crippen molar-refractivity contribution in [1.29, 1.82) is 0 Å². The topological polar surface area (TPSA) is 55.1 Å². The van der Waals surface area contributed by atoms with E-state index < -0.39 is 11.7 Å². The monoisotopic (exact) mass is 322 g/mol. The second kappa shape index (κ2) is 7.66. The highest BCUT2D eigenvalue weighted by Gasteiger charge is 2.31. The number of nitrogens with two attached hydrogens (primary N) is 1. The Morgan fingerprint density at radius 2 is 2.00 bits per heavy atom. The molecule has 0 aliphatic rings. The largest absolute Gasteiger partial charge is 0.416 e. The van der Waals surface area contributed by atoms with Gasteiger partial charge in [-0.2, -0.15) is 13.2 Å². The van der Waals surface area contributed by atoms with E-state index in [0.29, 0.717) is 18.9 Å². The second-order valence-electron chi connectivity index (χ2n) is 5.00. The lowest BCUT2D eigenvalue weighted by molar-refractivity contribution is -0.137. The summed E-state index contributed by atoms with van der Waals surface area (Å²) in [5, 5.41) is 2.37. The van der Waals surface area contributed by atoms with Gasteiger partial charge in [-0.3, -0.25) is 4.79 Å². The number of hydrogen-bond acceptors (Lipinski definition) is 2. The molecule has 1 aromatic rings. The molecular weight excluding hydrogens is 305 g/mol. The number of rotatable bonds is 6. The van der Waals surface area contributed by atoms with Crippen molar-refractivity contribution in [3.05, 3.63) is 28.8 Å². The van der Waals surface area contributed by atoms with Crippen molar-refractivity contribution in [3.8, 4) is 0 Å². The van der Waals surface area contributed by atoms with E-state index in [1.54, 1.807) is 0 Å². The molecule has 3 nitrogen and oxygen atoms in total. The third-order valence-electron chi connectivity index (χ3n) is 3.03. The maximum atomic E-state index is 12.6. The number of anilines is 1. The molecule has 0 aliphatic heterocycles. The van der Waals surface area contributed by atoms with E-state index in [9.17, 15) is 18.0 Å². The van der Waals surface area contributed by atoms with Crippen molar-refractivity contribution in [2.45, 2.75) is 32.4 Å². The van der Waals surface area contributed by atoms with Crippen LogP contribution in [-0.2, 0) is 11.0 Å². The fourth-order valence-corrected chi connectivity index (χ4v) is 2.09. The number of alkyl halides is 3. The highest BCUT2D eigenvalue weighted by atomic mass is 35.5. The lowest BCUT2D eigenvalue weighted by Crippen LogP contribution is -2.15. The summed E-state index contributed by atoms with van der Waals surface area (Å²) in [4.78, 5) is 11.7. The van der Waals surface area contributed by atoms with Gasteiger partial charge in [0.05, 0.1) is 5.56 Å². The highest BCUT2D eigenvalue weighted by molar-refractivity contribution is 6.31. The Morgan fingerprint density at radius 3 is 2.57 bits per heavy atom. The maximum Gasteiger partial charge on any atom is 0.416 e. The molecule has 0 radical (unpaired) electrons. The van der Waals surface area contributed by atoms with Crippen LogP contribution in [0.5, 0.6) is 0 Å². The molecule has 0 aromatic heterocycles. The number of carbonyl (C=O) groups is 1. The molecule has 0 bridgehead atoms. The molecule has 0 fully saturated rings. The van der Waals surface area contributed by atoms with Crippen LogP contribution < -0.4 is 11.1 Å². The molecule has 118 valence electrons. The van der Waals surface area contributed by atoms with Crippen LogP contribution in [0.4, 0.5) is 18.9 Å². The Labute approximate surface area is 126 Å². The predicted octanol–water partition coefficient (Wildman–Crippen LogP) is 4.06. The van der Waals surface area contributed by atoms with Gasteiger partial charge in [-0.15, -0.1) is 0 Å². The first-order chi connectivity index (χ1) is 9.72. The Hall–Kier alpha value is -1.27. The first-order valence-electron chi connectivity index (χ1n) is 6.60. The number of benzene rings is 1. The molecule has 0 saturated heterocycles. The molecule has 21 heavy (non-hydrogen) atoms. The third kappa shape index (κ3) is 6.35. The zero-order valence-corrected chi connectivity index (χ0v) is 12.4. The number of nitrogens with one attached hydrogen (secondary N) is 1. The van der Waals surface area contributed by atoms with Crippen LogP contribution in [-0.4, -0.2) is 12.5 Å². The summed E-state index contributed by atoms with van der Waals surface area (Å²) in [6.07, 6.45) is -2.83. The summed E-state index contributed by atoms with van der Waals surface area (Å²) in [6, 6.07) is 2.98. The Morgan fingerprint density at radius 1 is 1.33 bits per heavy atom. The van der Waals surface area contributed by atoms with Crippen LogP contribution in [0.15, 0.2) is 18.2 Å². The van der Waals surface area contributed by atoms with Gasteiger partial charge in [0, 0.05) is 17.1 Å². The number of hydrogen-bond donors (Lipinski definition) is 2. The van der Waals surface area contributed by atoms with Crippen molar-refractivity contribution in [1.82, 2.24) is 0 Å². The molecular formula is C14H18ClF3N2O. The zero-order valence-electron chi connectivity index (χ0n) is 11.6. The maximum absolute atomic E-state index is 12.6. The van der Waals surface area contributed by atoms with Crippen LogP contribution >= 0.6 is 11.6 Å². The fourth-order valence-electron chi connectivity index (χ4n) is 1.86. The Bertz CT molecular complexity index is 492. The summed E-state index contributed by atoms with van der Waals surface area (Å²) < 4.78 is 37.9. The van der Waals surface area contributed by atoms with Crippen molar-refractivity contribution >= 4 is 23.2 Å². The average Bonchev–Trinajstić information content (AvgIpc) is 2.35. The molecule has 1 rings (SSSR count). The molecule has 1 aromatic carbocycles. The molecule has 1 atom stereocenters. The summed E-state index contributed by atoms with van der Waals surface area (Å²) >= 11 is 5.64. The number of halogens is 4. The number of carbonyl (C=O) groups excluding carboxylic acids is 1. The van der Waals surface area contributed by atoms with Crippen LogP contribution in [0.25, 0.3) is 0 Å². The molecule has 7 heteroatoms. The molecule has 0 heterocycles. The lowest BCUT2D eigenvalue weighted by atomic mass is 10.0. The first kappa shape index (κ1) is 17.8. The quantitative estimate of drug-likeness (QED) is 0.829. The van der Waals surface area contributed by atoms with Crippen LogP contribution in [0.3, 0.4) is 0 Å². The van der Waals surface area contributed by atoms with Gasteiger partial charge in [0.15, 0.2) is 0 Å². The summed E-state index contributed by atoms with van der Waals surface area (Å²) in [7, 11) is 0. The van der Waals surface area contributed by atoms with Gasteiger partial charge < -0.3 is 11.1 Å². The molecule has 0 aliphatic carbocycles. The predicted molar refractivity (Wildman–Crippen MR) is 77.2 cm³/mol. The van der Waals surface area contributed by atoms with Crippen LogP contribution in [0.2, 0.25) is 5.02 Å². The van der Waals surface area contributed by atoms with Gasteiger partial charge in [0.2, 0.25) is 5.91 Å². The van der Waals surface area contributed by atoms with E-state index in [1.807, 2.05) is 6.92 Å². The average molecular weight is 323 g/mol. The van der Waals surface area contributed by atoms with Crippen molar-refractivity contribution < 1.29 is 18.0 Å². The molecule has 0 saturated carbocycles. The van der Waals surface area contributed by atoms with E-state index >= 15 is 0 Å². The van der Waals surface area contributed by atoms with E-state index in [0.717, 1.165) is 18.6 Å². The Balaban J connectivity index is 2.66. The van der Waals surface area contributed by atoms with Gasteiger partial charge in [-0.1, -0.05) is 18.5 Å². The standard InChI is InChI=1S/C14H18ClF3N2O/c1-9(4-5-19)2-3-13(21)20-12-7-10(14(16,17)18)6-11(15)8-12/h6-9H,2-5,19H2,1H3,(H,20,21). The summed E-state index contributed by atoms with van der Waals surface area (Å²) in [5.41, 5.74) is 4.57. The van der Waals surface area contributed by atoms with Gasteiger partial charge in [0.1, 0.15) is 0 Å².